The first kappa shape index (κ1) is 11.1. The number of carbonyl (C=O) groups excluding carboxylic acids is 1. The molecule has 1 amide bonds. The van der Waals surface area contributed by atoms with Gasteiger partial charge in [0.25, 0.3) is 0 Å². The van der Waals surface area contributed by atoms with Gasteiger partial charge >= 0.3 is 0 Å². The molecule has 0 aliphatic carbocycles. The summed E-state index contributed by atoms with van der Waals surface area (Å²) in [4.78, 5) is 11.6. The third-order valence-electron chi connectivity index (χ3n) is 2.50. The number of hydrogen-bond donors (Lipinski definition) is 2. The van der Waals surface area contributed by atoms with Gasteiger partial charge in [0.1, 0.15) is 0 Å². The zero-order valence-corrected chi connectivity index (χ0v) is 9.88. The summed E-state index contributed by atoms with van der Waals surface area (Å²) in [6.45, 7) is 1.90. The molecule has 84 valence electrons. The van der Waals surface area contributed by atoms with Crippen LogP contribution in [0.1, 0.15) is 13.3 Å². The van der Waals surface area contributed by atoms with E-state index in [0.717, 1.165) is 11.1 Å². The molecular weight excluding hydrogens is 220 g/mol. The van der Waals surface area contributed by atoms with Crippen LogP contribution in [0, 0.1) is 0 Å². The maximum atomic E-state index is 11.6. The highest BCUT2D eigenvalue weighted by Gasteiger charge is 2.10. The van der Waals surface area contributed by atoms with Crippen molar-refractivity contribution in [3.05, 3.63) is 29.6 Å². The first-order valence-electron chi connectivity index (χ1n) is 5.24. The van der Waals surface area contributed by atoms with E-state index in [1.165, 1.54) is 4.70 Å². The maximum Gasteiger partial charge on any atom is 0.241 e. The molecule has 0 radical (unpaired) electrons. The van der Waals surface area contributed by atoms with E-state index in [1.807, 2.05) is 36.6 Å². The second-order valence-electron chi connectivity index (χ2n) is 3.68. The Morgan fingerprint density at radius 2 is 2.31 bits per heavy atom. The summed E-state index contributed by atoms with van der Waals surface area (Å²) in [5.74, 6) is -0.128. The average Bonchev–Trinajstić information content (AvgIpc) is 2.75. The van der Waals surface area contributed by atoms with Gasteiger partial charge in [0, 0.05) is 10.4 Å². The van der Waals surface area contributed by atoms with Crippen molar-refractivity contribution in [2.24, 2.45) is 5.73 Å². The summed E-state index contributed by atoms with van der Waals surface area (Å²) in [7, 11) is 0. The predicted molar refractivity (Wildman–Crippen MR) is 68.7 cm³/mol. The van der Waals surface area contributed by atoms with E-state index in [-0.39, 0.29) is 5.91 Å². The topological polar surface area (TPSA) is 55.1 Å². The molecule has 0 unspecified atom stereocenters. The molecule has 3 N–H and O–H groups in total. The van der Waals surface area contributed by atoms with E-state index in [2.05, 4.69) is 5.32 Å². The van der Waals surface area contributed by atoms with Gasteiger partial charge < -0.3 is 11.1 Å². The highest BCUT2D eigenvalue weighted by Crippen LogP contribution is 2.23. The Hall–Kier alpha value is -1.39. The van der Waals surface area contributed by atoms with Crippen LogP contribution in [0.3, 0.4) is 0 Å². The van der Waals surface area contributed by atoms with Crippen LogP contribution in [0.4, 0.5) is 5.69 Å². The summed E-state index contributed by atoms with van der Waals surface area (Å²) in [5, 5.41) is 6.00. The first-order chi connectivity index (χ1) is 7.70. The van der Waals surface area contributed by atoms with Crippen molar-refractivity contribution >= 4 is 33.0 Å². The molecule has 0 saturated carbocycles. The number of amides is 1. The fourth-order valence-electron chi connectivity index (χ4n) is 1.46. The Morgan fingerprint density at radius 1 is 1.50 bits per heavy atom. The quantitative estimate of drug-likeness (QED) is 0.857. The number of rotatable bonds is 3. The highest BCUT2D eigenvalue weighted by atomic mass is 32.1. The minimum atomic E-state index is -0.432. The lowest BCUT2D eigenvalue weighted by Gasteiger charge is -2.09. The minimum absolute atomic E-state index is 0.128. The standard InChI is InChI=1S/C12H14N2OS/c1-2-10(13)12(15)14-9-3-4-11-8(7-9)5-6-16-11/h3-7,10H,2,13H2,1H3,(H,14,15)/t10-/m0/s1. The molecule has 0 aliphatic heterocycles. The van der Waals surface area contributed by atoms with Crippen LogP contribution in [0.5, 0.6) is 0 Å². The predicted octanol–water partition coefficient (Wildman–Crippen LogP) is 2.58. The molecule has 1 aromatic heterocycles. The summed E-state index contributed by atoms with van der Waals surface area (Å²) in [6.07, 6.45) is 0.645. The number of thiophene rings is 1. The first-order valence-corrected chi connectivity index (χ1v) is 6.12. The van der Waals surface area contributed by atoms with Gasteiger partial charge in [0.2, 0.25) is 5.91 Å². The average molecular weight is 234 g/mol. The van der Waals surface area contributed by atoms with E-state index in [4.69, 9.17) is 5.73 Å². The highest BCUT2D eigenvalue weighted by molar-refractivity contribution is 7.17. The van der Waals surface area contributed by atoms with Gasteiger partial charge in [-0.25, -0.2) is 0 Å². The monoisotopic (exact) mass is 234 g/mol. The second-order valence-corrected chi connectivity index (χ2v) is 4.62. The van der Waals surface area contributed by atoms with Crippen LogP contribution in [0.25, 0.3) is 10.1 Å². The second kappa shape index (κ2) is 4.63. The van der Waals surface area contributed by atoms with Gasteiger partial charge in [-0.3, -0.25) is 4.79 Å². The maximum absolute atomic E-state index is 11.6. The van der Waals surface area contributed by atoms with Crippen molar-refractivity contribution in [1.82, 2.24) is 0 Å². The van der Waals surface area contributed by atoms with Crippen molar-refractivity contribution in [2.75, 3.05) is 5.32 Å². The van der Waals surface area contributed by atoms with Crippen LogP contribution in [-0.4, -0.2) is 11.9 Å². The van der Waals surface area contributed by atoms with E-state index >= 15 is 0 Å². The van der Waals surface area contributed by atoms with Gasteiger partial charge in [0.05, 0.1) is 6.04 Å². The molecule has 0 bridgehead atoms. The van der Waals surface area contributed by atoms with E-state index in [9.17, 15) is 4.79 Å². The van der Waals surface area contributed by atoms with Gasteiger partial charge in [-0.2, -0.15) is 0 Å². The largest absolute Gasteiger partial charge is 0.325 e. The van der Waals surface area contributed by atoms with Crippen molar-refractivity contribution in [1.29, 1.82) is 0 Å². The van der Waals surface area contributed by atoms with Gasteiger partial charge in [0.15, 0.2) is 0 Å². The summed E-state index contributed by atoms with van der Waals surface area (Å²) < 4.78 is 1.22. The molecule has 2 aromatic rings. The fourth-order valence-corrected chi connectivity index (χ4v) is 2.24. The lowest BCUT2D eigenvalue weighted by Crippen LogP contribution is -2.34. The van der Waals surface area contributed by atoms with E-state index < -0.39 is 6.04 Å². The Kier molecular flexibility index (Phi) is 3.22. The third-order valence-corrected chi connectivity index (χ3v) is 3.39. The summed E-state index contributed by atoms with van der Waals surface area (Å²) in [6, 6.07) is 7.48. The Labute approximate surface area is 98.3 Å². The number of fused-ring (bicyclic) bond motifs is 1. The summed E-state index contributed by atoms with van der Waals surface area (Å²) in [5.41, 5.74) is 6.45. The molecular formula is C12H14N2OS. The van der Waals surface area contributed by atoms with Crippen LogP contribution >= 0.6 is 11.3 Å². The van der Waals surface area contributed by atoms with Crippen LogP contribution in [-0.2, 0) is 4.79 Å². The van der Waals surface area contributed by atoms with Crippen LogP contribution in [0.15, 0.2) is 29.6 Å². The molecule has 3 nitrogen and oxygen atoms in total. The van der Waals surface area contributed by atoms with Crippen molar-refractivity contribution in [3.63, 3.8) is 0 Å². The number of nitrogens with two attached hydrogens (primary N) is 1. The molecule has 0 spiro atoms. The van der Waals surface area contributed by atoms with Crippen molar-refractivity contribution in [3.8, 4) is 0 Å². The number of carbonyl (C=O) groups is 1. The van der Waals surface area contributed by atoms with Crippen molar-refractivity contribution < 1.29 is 4.79 Å². The molecule has 16 heavy (non-hydrogen) atoms. The van der Waals surface area contributed by atoms with Crippen LogP contribution in [0.2, 0.25) is 0 Å². The molecule has 4 heteroatoms. The van der Waals surface area contributed by atoms with E-state index in [0.29, 0.717) is 6.42 Å². The smallest absolute Gasteiger partial charge is 0.241 e. The lowest BCUT2D eigenvalue weighted by atomic mass is 10.2. The number of hydrogen-bond acceptors (Lipinski definition) is 3. The molecule has 1 aromatic carbocycles. The molecule has 0 fully saturated rings. The normalized spacial score (nSPS) is 12.6. The lowest BCUT2D eigenvalue weighted by molar-refractivity contribution is -0.117. The SMILES string of the molecule is CC[C@H](N)C(=O)Nc1ccc2sccc2c1. The van der Waals surface area contributed by atoms with Gasteiger partial charge in [-0.15, -0.1) is 11.3 Å². The summed E-state index contributed by atoms with van der Waals surface area (Å²) >= 11 is 1.69. The molecule has 0 aliphatic rings. The Bertz CT molecular complexity index is 506. The Morgan fingerprint density at radius 3 is 3.06 bits per heavy atom. The van der Waals surface area contributed by atoms with E-state index in [1.54, 1.807) is 11.3 Å². The molecule has 2 rings (SSSR count). The molecule has 1 atom stereocenters. The molecule has 0 saturated heterocycles. The third kappa shape index (κ3) is 2.23. The Balaban J connectivity index is 2.17. The minimum Gasteiger partial charge on any atom is -0.325 e. The zero-order valence-electron chi connectivity index (χ0n) is 9.07. The fraction of sp³-hybridized carbons (Fsp3) is 0.250. The van der Waals surface area contributed by atoms with Crippen LogP contribution < -0.4 is 11.1 Å². The zero-order chi connectivity index (χ0) is 11.5. The van der Waals surface area contributed by atoms with Gasteiger partial charge in [-0.1, -0.05) is 6.92 Å². The van der Waals surface area contributed by atoms with Crippen molar-refractivity contribution in [2.45, 2.75) is 19.4 Å². The molecule has 1 heterocycles. The number of benzene rings is 1. The van der Waals surface area contributed by atoms with Gasteiger partial charge in [-0.05, 0) is 41.5 Å². The number of anilines is 1. The number of nitrogens with one attached hydrogen (secondary N) is 1.